The van der Waals surface area contributed by atoms with E-state index in [-0.39, 0.29) is 11.7 Å². The molecule has 0 saturated carbocycles. The van der Waals surface area contributed by atoms with E-state index in [2.05, 4.69) is 9.88 Å². The first kappa shape index (κ1) is 20.2. The van der Waals surface area contributed by atoms with Crippen LogP contribution >= 0.6 is 11.3 Å². The number of aromatic nitrogens is 1. The molecule has 2 saturated heterocycles. The molecule has 1 aromatic heterocycles. The van der Waals surface area contributed by atoms with E-state index in [0.717, 1.165) is 42.9 Å². The number of likely N-dealkylation sites (tertiary alicyclic amines) is 1. The van der Waals surface area contributed by atoms with Crippen LogP contribution in [0.5, 0.6) is 16.7 Å². The van der Waals surface area contributed by atoms with Gasteiger partial charge in [-0.25, -0.2) is 9.37 Å². The molecule has 6 nitrogen and oxygen atoms in total. The number of amides is 1. The number of hydrogen-bond donors (Lipinski definition) is 0. The standard InChI is InChI=1S/C23H24FN3O3S/c1-15(28)26-13-17-3-4-18(14-26)27(17)10-11-29-19-5-7-20(8-6-19)30-23-25-21-12-16(24)2-9-22(21)31-23/h2,5-9,12,17-18H,3-4,10-11,13-14H2,1H3. The van der Waals surface area contributed by atoms with Gasteiger partial charge in [0, 0.05) is 44.7 Å². The minimum absolute atomic E-state index is 0.174. The highest BCUT2D eigenvalue weighted by Gasteiger charge is 2.40. The molecular formula is C23H24FN3O3S. The van der Waals surface area contributed by atoms with E-state index in [1.165, 1.54) is 23.5 Å². The van der Waals surface area contributed by atoms with Crippen LogP contribution in [0.3, 0.4) is 0 Å². The predicted octanol–water partition coefficient (Wildman–Crippen LogP) is 4.30. The number of thiazole rings is 1. The van der Waals surface area contributed by atoms with Gasteiger partial charge in [-0.3, -0.25) is 9.69 Å². The summed E-state index contributed by atoms with van der Waals surface area (Å²) in [6.07, 6.45) is 2.30. The molecule has 0 aliphatic carbocycles. The van der Waals surface area contributed by atoms with Crippen LogP contribution in [0.15, 0.2) is 42.5 Å². The highest BCUT2D eigenvalue weighted by Crippen LogP contribution is 2.32. The molecule has 2 aliphatic rings. The smallest absolute Gasteiger partial charge is 0.279 e. The quantitative estimate of drug-likeness (QED) is 0.571. The van der Waals surface area contributed by atoms with Crippen molar-refractivity contribution in [2.45, 2.75) is 31.8 Å². The highest BCUT2D eigenvalue weighted by molar-refractivity contribution is 7.20. The van der Waals surface area contributed by atoms with Gasteiger partial charge in [-0.05, 0) is 49.2 Å². The fraction of sp³-hybridized carbons (Fsp3) is 0.391. The van der Waals surface area contributed by atoms with Gasteiger partial charge in [0.2, 0.25) is 5.91 Å². The molecule has 8 heteroatoms. The topological polar surface area (TPSA) is 54.9 Å². The summed E-state index contributed by atoms with van der Waals surface area (Å²) in [5.41, 5.74) is 0.595. The SMILES string of the molecule is CC(=O)N1CC2CCC(C1)N2CCOc1ccc(Oc2nc3cc(F)ccc3s2)cc1. The van der Waals surface area contributed by atoms with Crippen LogP contribution in [0.4, 0.5) is 4.39 Å². The van der Waals surface area contributed by atoms with Gasteiger partial charge in [0.05, 0.1) is 10.2 Å². The zero-order chi connectivity index (χ0) is 21.4. The third kappa shape index (κ3) is 4.36. The average molecular weight is 442 g/mol. The van der Waals surface area contributed by atoms with Crippen LogP contribution in [-0.2, 0) is 4.79 Å². The lowest BCUT2D eigenvalue weighted by Crippen LogP contribution is -2.55. The fourth-order valence-electron chi connectivity index (χ4n) is 4.51. The van der Waals surface area contributed by atoms with Crippen molar-refractivity contribution in [1.82, 2.24) is 14.8 Å². The number of piperazine rings is 1. The Kier molecular flexibility index (Phi) is 5.50. The Morgan fingerprint density at radius 3 is 2.55 bits per heavy atom. The van der Waals surface area contributed by atoms with Crippen LogP contribution in [0.1, 0.15) is 19.8 Å². The second-order valence-electron chi connectivity index (χ2n) is 8.06. The lowest BCUT2D eigenvalue weighted by atomic mass is 10.2. The number of ether oxygens (including phenoxy) is 2. The molecule has 3 heterocycles. The summed E-state index contributed by atoms with van der Waals surface area (Å²) in [6.45, 7) is 4.78. The predicted molar refractivity (Wildman–Crippen MR) is 117 cm³/mol. The first-order valence-electron chi connectivity index (χ1n) is 10.5. The minimum atomic E-state index is -0.306. The van der Waals surface area contributed by atoms with E-state index in [4.69, 9.17) is 9.47 Å². The summed E-state index contributed by atoms with van der Waals surface area (Å²) >= 11 is 1.38. The zero-order valence-corrected chi connectivity index (χ0v) is 18.1. The van der Waals surface area contributed by atoms with E-state index >= 15 is 0 Å². The van der Waals surface area contributed by atoms with Crippen LogP contribution in [0, 0.1) is 5.82 Å². The average Bonchev–Trinajstić information content (AvgIpc) is 3.24. The van der Waals surface area contributed by atoms with E-state index in [0.29, 0.717) is 35.2 Å². The van der Waals surface area contributed by atoms with E-state index in [1.54, 1.807) is 13.0 Å². The lowest BCUT2D eigenvalue weighted by molar-refractivity contribution is -0.132. The Hall–Kier alpha value is -2.71. The maximum Gasteiger partial charge on any atom is 0.279 e. The Balaban J connectivity index is 1.13. The molecule has 2 unspecified atom stereocenters. The second kappa shape index (κ2) is 8.43. The van der Waals surface area contributed by atoms with Crippen molar-refractivity contribution in [3.05, 3.63) is 48.3 Å². The number of nitrogens with zero attached hydrogens (tertiary/aromatic N) is 3. The summed E-state index contributed by atoms with van der Waals surface area (Å²) in [6, 6.07) is 12.9. The van der Waals surface area contributed by atoms with Crippen molar-refractivity contribution in [1.29, 1.82) is 0 Å². The van der Waals surface area contributed by atoms with Crippen molar-refractivity contribution in [2.24, 2.45) is 0 Å². The third-order valence-electron chi connectivity index (χ3n) is 6.06. The monoisotopic (exact) mass is 441 g/mol. The fourth-order valence-corrected chi connectivity index (χ4v) is 5.32. The summed E-state index contributed by atoms with van der Waals surface area (Å²) in [4.78, 5) is 20.5. The molecular weight excluding hydrogens is 417 g/mol. The van der Waals surface area contributed by atoms with Gasteiger partial charge in [0.25, 0.3) is 5.19 Å². The molecule has 3 aromatic rings. The molecule has 2 aliphatic heterocycles. The number of hydrogen-bond acceptors (Lipinski definition) is 6. The van der Waals surface area contributed by atoms with Gasteiger partial charge in [0.15, 0.2) is 0 Å². The summed E-state index contributed by atoms with van der Waals surface area (Å²) in [5, 5.41) is 0.481. The number of fused-ring (bicyclic) bond motifs is 3. The normalized spacial score (nSPS) is 20.9. The molecule has 0 spiro atoms. The largest absolute Gasteiger partial charge is 0.492 e. The summed E-state index contributed by atoms with van der Waals surface area (Å²) in [5.74, 6) is 1.31. The Bertz CT molecular complexity index is 1070. The van der Waals surface area contributed by atoms with Gasteiger partial charge in [-0.1, -0.05) is 11.3 Å². The van der Waals surface area contributed by atoms with Crippen LogP contribution in [-0.4, -0.2) is 59.0 Å². The molecule has 0 N–H and O–H groups in total. The number of rotatable bonds is 6. The highest BCUT2D eigenvalue weighted by atomic mass is 32.1. The van der Waals surface area contributed by atoms with Gasteiger partial charge >= 0.3 is 0 Å². The Labute approximate surface area is 184 Å². The van der Waals surface area contributed by atoms with Crippen LogP contribution < -0.4 is 9.47 Å². The van der Waals surface area contributed by atoms with Crippen molar-refractivity contribution in [2.75, 3.05) is 26.2 Å². The molecule has 0 radical (unpaired) electrons. The van der Waals surface area contributed by atoms with Crippen molar-refractivity contribution >= 4 is 27.5 Å². The minimum Gasteiger partial charge on any atom is -0.492 e. The number of halogens is 1. The number of carbonyl (C=O) groups excluding carboxylic acids is 1. The van der Waals surface area contributed by atoms with Gasteiger partial charge in [0.1, 0.15) is 23.9 Å². The van der Waals surface area contributed by atoms with Crippen molar-refractivity contribution in [3.8, 4) is 16.7 Å². The molecule has 2 aromatic carbocycles. The summed E-state index contributed by atoms with van der Waals surface area (Å²) in [7, 11) is 0. The molecule has 2 atom stereocenters. The Morgan fingerprint density at radius 2 is 1.84 bits per heavy atom. The third-order valence-corrected chi connectivity index (χ3v) is 6.97. The summed E-state index contributed by atoms with van der Waals surface area (Å²) < 4.78 is 26.0. The Morgan fingerprint density at radius 1 is 1.13 bits per heavy atom. The number of carbonyl (C=O) groups is 1. The van der Waals surface area contributed by atoms with E-state index in [9.17, 15) is 9.18 Å². The second-order valence-corrected chi connectivity index (χ2v) is 9.05. The van der Waals surface area contributed by atoms with Crippen molar-refractivity contribution < 1.29 is 18.7 Å². The zero-order valence-electron chi connectivity index (χ0n) is 17.3. The van der Waals surface area contributed by atoms with Gasteiger partial charge < -0.3 is 14.4 Å². The maximum atomic E-state index is 13.3. The van der Waals surface area contributed by atoms with Gasteiger partial charge in [-0.2, -0.15) is 0 Å². The lowest BCUT2D eigenvalue weighted by Gasteiger charge is -2.40. The van der Waals surface area contributed by atoms with Crippen molar-refractivity contribution in [3.63, 3.8) is 0 Å². The molecule has 1 amide bonds. The first-order chi connectivity index (χ1) is 15.0. The first-order valence-corrected chi connectivity index (χ1v) is 11.3. The van der Waals surface area contributed by atoms with Crippen LogP contribution in [0.25, 0.3) is 10.2 Å². The molecule has 2 bridgehead atoms. The molecule has 2 fully saturated rings. The van der Waals surface area contributed by atoms with E-state index in [1.807, 2.05) is 29.2 Å². The van der Waals surface area contributed by atoms with E-state index < -0.39 is 0 Å². The molecule has 162 valence electrons. The molecule has 31 heavy (non-hydrogen) atoms. The number of benzene rings is 2. The van der Waals surface area contributed by atoms with Gasteiger partial charge in [-0.15, -0.1) is 0 Å². The maximum absolute atomic E-state index is 13.3. The van der Waals surface area contributed by atoms with Crippen LogP contribution in [0.2, 0.25) is 0 Å². The molecule has 5 rings (SSSR count).